The summed E-state index contributed by atoms with van der Waals surface area (Å²) in [6, 6.07) is 12.2. The zero-order chi connectivity index (χ0) is 19.5. The molecule has 0 spiro atoms. The molecule has 4 aromatic rings. The molecular formula is C19H19Cl2N7. The lowest BCUT2D eigenvalue weighted by molar-refractivity contribution is 0.678. The first-order valence-electron chi connectivity index (χ1n) is 9.08. The summed E-state index contributed by atoms with van der Waals surface area (Å²) in [7, 11) is 0. The minimum atomic E-state index is 0.363. The van der Waals surface area contributed by atoms with E-state index in [0.29, 0.717) is 22.7 Å². The van der Waals surface area contributed by atoms with Crippen LogP contribution >= 0.6 is 23.2 Å². The van der Waals surface area contributed by atoms with E-state index in [2.05, 4.69) is 56.8 Å². The van der Waals surface area contributed by atoms with Gasteiger partial charge in [0.1, 0.15) is 11.0 Å². The second-order valence-corrected chi connectivity index (χ2v) is 7.20. The molecule has 0 bridgehead atoms. The topological polar surface area (TPSA) is 77.2 Å². The Morgan fingerprint density at radius 3 is 2.64 bits per heavy atom. The summed E-state index contributed by atoms with van der Waals surface area (Å²) in [5, 5.41) is 14.9. The Kier molecular flexibility index (Phi) is 5.45. The summed E-state index contributed by atoms with van der Waals surface area (Å²) >= 11 is 12.5. The number of benzene rings is 1. The van der Waals surface area contributed by atoms with Crippen molar-refractivity contribution in [3.05, 3.63) is 64.3 Å². The van der Waals surface area contributed by atoms with Crippen molar-refractivity contribution in [2.75, 3.05) is 0 Å². The summed E-state index contributed by atoms with van der Waals surface area (Å²) in [6.45, 7) is 2.78. The van der Waals surface area contributed by atoms with Gasteiger partial charge in [-0.3, -0.25) is 0 Å². The normalized spacial score (nSPS) is 11.2. The van der Waals surface area contributed by atoms with Gasteiger partial charge in [0.05, 0.1) is 12.2 Å². The van der Waals surface area contributed by atoms with Crippen LogP contribution in [-0.4, -0.2) is 34.7 Å². The quantitative estimate of drug-likeness (QED) is 0.480. The van der Waals surface area contributed by atoms with Crippen LogP contribution in [-0.2, 0) is 13.0 Å². The second kappa shape index (κ2) is 8.16. The van der Waals surface area contributed by atoms with E-state index in [0.717, 1.165) is 42.0 Å². The molecule has 28 heavy (non-hydrogen) atoms. The van der Waals surface area contributed by atoms with Gasteiger partial charge in [0.2, 0.25) is 0 Å². The molecule has 0 radical (unpaired) electrons. The van der Waals surface area contributed by atoms with Crippen molar-refractivity contribution in [2.24, 2.45) is 0 Å². The molecular weight excluding hydrogens is 397 g/mol. The molecule has 0 saturated carbocycles. The fraction of sp³-hybridized carbons (Fsp3) is 0.263. The molecule has 0 saturated heterocycles. The summed E-state index contributed by atoms with van der Waals surface area (Å²) in [4.78, 5) is 4.41. The minimum Gasteiger partial charge on any atom is -0.314 e. The van der Waals surface area contributed by atoms with Crippen molar-refractivity contribution in [2.45, 2.75) is 32.7 Å². The molecule has 4 rings (SSSR count). The van der Waals surface area contributed by atoms with E-state index >= 15 is 0 Å². The maximum atomic E-state index is 6.38. The lowest BCUT2D eigenvalue weighted by Crippen LogP contribution is -2.06. The Hall–Kier alpha value is -2.64. The van der Waals surface area contributed by atoms with E-state index in [1.165, 1.54) is 0 Å². The lowest BCUT2D eigenvalue weighted by atomic mass is 10.2. The number of hydrogen-bond acceptors (Lipinski definition) is 4. The molecule has 9 heteroatoms. The van der Waals surface area contributed by atoms with E-state index in [9.17, 15) is 0 Å². The van der Waals surface area contributed by atoms with Gasteiger partial charge in [0.15, 0.2) is 11.0 Å². The van der Waals surface area contributed by atoms with Crippen molar-refractivity contribution in [1.82, 2.24) is 34.7 Å². The molecule has 144 valence electrons. The fourth-order valence-electron chi connectivity index (χ4n) is 3.14. The Labute approximate surface area is 172 Å². The number of nitrogens with one attached hydrogen (secondary N) is 1. The Morgan fingerprint density at radius 1 is 1.11 bits per heavy atom. The molecule has 0 aliphatic rings. The molecule has 3 heterocycles. The van der Waals surface area contributed by atoms with Crippen molar-refractivity contribution < 1.29 is 0 Å². The largest absolute Gasteiger partial charge is 0.314 e. The number of halogens is 2. The second-order valence-electron chi connectivity index (χ2n) is 6.48. The number of rotatable bonds is 7. The minimum absolute atomic E-state index is 0.363. The van der Waals surface area contributed by atoms with Gasteiger partial charge in [-0.1, -0.05) is 48.7 Å². The lowest BCUT2D eigenvalue weighted by Gasteiger charge is -2.11. The average molecular weight is 416 g/mol. The summed E-state index contributed by atoms with van der Waals surface area (Å²) < 4.78 is 4.01. The highest BCUT2D eigenvalue weighted by Crippen LogP contribution is 2.26. The number of H-pyrrole nitrogens is 1. The van der Waals surface area contributed by atoms with Crippen LogP contribution in [0.1, 0.15) is 31.2 Å². The number of aromatic nitrogens is 7. The van der Waals surface area contributed by atoms with Gasteiger partial charge >= 0.3 is 0 Å². The Morgan fingerprint density at radius 2 is 1.93 bits per heavy atom. The van der Waals surface area contributed by atoms with E-state index < -0.39 is 0 Å². The van der Waals surface area contributed by atoms with Crippen LogP contribution in [0.5, 0.6) is 0 Å². The van der Waals surface area contributed by atoms with Crippen LogP contribution in [0, 0.1) is 0 Å². The van der Waals surface area contributed by atoms with E-state index in [1.54, 1.807) is 0 Å². The molecule has 0 unspecified atom stereocenters. The Balaban J connectivity index is 1.58. The third-order valence-electron chi connectivity index (χ3n) is 4.59. The number of imidazole rings is 1. The number of nitrogens with zero attached hydrogens (tertiary/aromatic N) is 6. The van der Waals surface area contributed by atoms with Crippen molar-refractivity contribution >= 4 is 23.2 Å². The van der Waals surface area contributed by atoms with Crippen LogP contribution < -0.4 is 0 Å². The highest BCUT2D eigenvalue weighted by Gasteiger charge is 2.14. The Bertz CT molecular complexity index is 1050. The van der Waals surface area contributed by atoms with Gasteiger partial charge in [-0.05, 0) is 46.7 Å². The molecule has 0 aliphatic carbocycles. The number of aryl methyl sites for hydroxylation is 1. The smallest absolute Gasteiger partial charge is 0.196 e. The first-order valence-corrected chi connectivity index (χ1v) is 9.84. The third kappa shape index (κ3) is 3.68. The van der Waals surface area contributed by atoms with E-state index in [4.69, 9.17) is 23.2 Å². The summed E-state index contributed by atoms with van der Waals surface area (Å²) in [5.41, 5.74) is 3.03. The van der Waals surface area contributed by atoms with Gasteiger partial charge in [-0.2, -0.15) is 0 Å². The van der Waals surface area contributed by atoms with Crippen molar-refractivity contribution in [1.29, 1.82) is 0 Å². The van der Waals surface area contributed by atoms with Crippen LogP contribution in [0.15, 0.2) is 42.6 Å². The van der Waals surface area contributed by atoms with Crippen LogP contribution in [0.4, 0.5) is 0 Å². The van der Waals surface area contributed by atoms with Gasteiger partial charge < -0.3 is 9.13 Å². The highest BCUT2D eigenvalue weighted by molar-refractivity contribution is 6.40. The number of tetrazole rings is 1. The SMILES string of the molecule is CCCCc1nc(Cl)c(Cl)n1Cc1ccc(-n2cccc2-c2nnn[nH]2)cc1. The van der Waals surface area contributed by atoms with Crippen molar-refractivity contribution in [3.63, 3.8) is 0 Å². The zero-order valence-corrected chi connectivity index (χ0v) is 16.8. The van der Waals surface area contributed by atoms with E-state index in [1.807, 2.05) is 27.5 Å². The molecule has 0 amide bonds. The van der Waals surface area contributed by atoms with Gasteiger partial charge in [-0.25, -0.2) is 10.1 Å². The van der Waals surface area contributed by atoms with Gasteiger partial charge in [0.25, 0.3) is 0 Å². The summed E-state index contributed by atoms with van der Waals surface area (Å²) in [5.74, 6) is 1.54. The molecule has 3 aromatic heterocycles. The van der Waals surface area contributed by atoms with Gasteiger partial charge in [-0.15, -0.1) is 5.10 Å². The van der Waals surface area contributed by atoms with Crippen LogP contribution in [0.25, 0.3) is 17.2 Å². The molecule has 0 atom stereocenters. The van der Waals surface area contributed by atoms with Gasteiger partial charge in [0, 0.05) is 18.3 Å². The maximum Gasteiger partial charge on any atom is 0.196 e. The maximum absolute atomic E-state index is 6.38. The predicted molar refractivity (Wildman–Crippen MR) is 109 cm³/mol. The number of aromatic amines is 1. The fourth-order valence-corrected chi connectivity index (χ4v) is 3.54. The molecule has 0 aliphatic heterocycles. The van der Waals surface area contributed by atoms with Crippen LogP contribution in [0.2, 0.25) is 10.3 Å². The first kappa shape index (κ1) is 18.7. The average Bonchev–Trinajstić information content (AvgIpc) is 3.44. The number of hydrogen-bond donors (Lipinski definition) is 1. The molecule has 0 fully saturated rings. The van der Waals surface area contributed by atoms with Crippen LogP contribution in [0.3, 0.4) is 0 Å². The van der Waals surface area contributed by atoms with Crippen molar-refractivity contribution in [3.8, 4) is 17.2 Å². The third-order valence-corrected chi connectivity index (χ3v) is 5.34. The summed E-state index contributed by atoms with van der Waals surface area (Å²) in [6.07, 6.45) is 4.98. The molecule has 1 aromatic carbocycles. The predicted octanol–water partition coefficient (Wildman–Crippen LogP) is 4.55. The standard InChI is InChI=1S/C19H19Cl2N7/c1-2-3-6-16-22-17(20)18(21)28(16)12-13-7-9-14(10-8-13)27-11-4-5-15(27)19-23-25-26-24-19/h4-5,7-11H,2-3,6,12H2,1H3,(H,23,24,25,26). The van der Waals surface area contributed by atoms with E-state index in [-0.39, 0.29) is 0 Å². The zero-order valence-electron chi connectivity index (χ0n) is 15.3. The number of unbranched alkanes of at least 4 members (excludes halogenated alkanes) is 1. The molecule has 7 nitrogen and oxygen atoms in total. The molecule has 1 N–H and O–H groups in total. The first-order chi connectivity index (χ1) is 13.7. The monoisotopic (exact) mass is 415 g/mol. The highest BCUT2D eigenvalue weighted by atomic mass is 35.5.